The Morgan fingerprint density at radius 3 is 2.20 bits per heavy atom. The van der Waals surface area contributed by atoms with Gasteiger partial charge in [-0.05, 0) is 60.5 Å². The van der Waals surface area contributed by atoms with Crippen molar-refractivity contribution in [2.75, 3.05) is 19.6 Å². The Morgan fingerprint density at radius 2 is 1.54 bits per heavy atom. The molecule has 0 bridgehead atoms. The summed E-state index contributed by atoms with van der Waals surface area (Å²) in [6.45, 7) is 1.86. The van der Waals surface area contributed by atoms with E-state index in [1.165, 1.54) is 24.3 Å². The molecule has 0 unspecified atom stereocenters. The molecular weight excluding hydrogens is 535 g/mol. The largest absolute Gasteiger partial charge is 0.457 e. The first-order chi connectivity index (χ1) is 19.7. The standard InChI is InChI=1S/C31H28F3N3O4/c32-31(33,34)24-8-12-26(13-9-24)41-25-10-6-22(7-11-25)30(40)36-19-23-16-17-37(27(23)20-36)29(39)15-14-28(38)35-18-21-4-2-1-3-5-21/h1-15,23,27H,16-20H2,(H,35,38)/b15-14+/t23-,27+/m0/s1. The van der Waals surface area contributed by atoms with E-state index in [9.17, 15) is 27.6 Å². The Morgan fingerprint density at radius 1 is 0.878 bits per heavy atom. The number of fused-ring (bicyclic) bond motifs is 1. The summed E-state index contributed by atoms with van der Waals surface area (Å²) < 4.78 is 43.9. The van der Waals surface area contributed by atoms with E-state index in [0.29, 0.717) is 37.5 Å². The number of ether oxygens (including phenoxy) is 1. The van der Waals surface area contributed by atoms with Crippen LogP contribution >= 0.6 is 0 Å². The molecule has 0 saturated carbocycles. The number of hydrogen-bond acceptors (Lipinski definition) is 4. The molecule has 2 heterocycles. The van der Waals surface area contributed by atoms with Gasteiger partial charge in [-0.3, -0.25) is 14.4 Å². The van der Waals surface area contributed by atoms with Crippen LogP contribution in [0.15, 0.2) is 91.0 Å². The Hall–Kier alpha value is -4.60. The van der Waals surface area contributed by atoms with Gasteiger partial charge in [0.2, 0.25) is 11.8 Å². The number of hydrogen-bond donors (Lipinski definition) is 1. The normalized spacial score (nSPS) is 18.4. The second-order valence-electron chi connectivity index (χ2n) is 10.0. The number of alkyl halides is 3. The molecule has 1 N–H and O–H groups in total. The number of halogens is 3. The highest BCUT2D eigenvalue weighted by Crippen LogP contribution is 2.33. The fraction of sp³-hybridized carbons (Fsp3) is 0.258. The van der Waals surface area contributed by atoms with E-state index < -0.39 is 11.7 Å². The smallest absolute Gasteiger partial charge is 0.416 e. The van der Waals surface area contributed by atoms with Crippen LogP contribution in [0.4, 0.5) is 13.2 Å². The van der Waals surface area contributed by atoms with Crippen LogP contribution in [0.1, 0.15) is 27.9 Å². The van der Waals surface area contributed by atoms with Crippen LogP contribution in [0.2, 0.25) is 0 Å². The first-order valence-electron chi connectivity index (χ1n) is 13.2. The number of benzene rings is 3. The molecule has 0 aromatic heterocycles. The molecule has 0 spiro atoms. The summed E-state index contributed by atoms with van der Waals surface area (Å²) in [4.78, 5) is 41.6. The molecule has 7 nitrogen and oxygen atoms in total. The van der Waals surface area contributed by atoms with Gasteiger partial charge in [-0.25, -0.2) is 0 Å². The van der Waals surface area contributed by atoms with Gasteiger partial charge >= 0.3 is 6.18 Å². The first-order valence-corrected chi connectivity index (χ1v) is 13.2. The van der Waals surface area contributed by atoms with Crippen molar-refractivity contribution in [1.29, 1.82) is 0 Å². The third-order valence-corrected chi connectivity index (χ3v) is 7.32. The van der Waals surface area contributed by atoms with Gasteiger partial charge < -0.3 is 19.9 Å². The summed E-state index contributed by atoms with van der Waals surface area (Å²) in [5.74, 6) is 0.000408. The lowest BCUT2D eigenvalue weighted by Crippen LogP contribution is -2.40. The monoisotopic (exact) mass is 563 g/mol. The number of rotatable bonds is 7. The number of amides is 3. The fourth-order valence-electron chi connectivity index (χ4n) is 5.18. The van der Waals surface area contributed by atoms with Crippen LogP contribution < -0.4 is 10.1 Å². The summed E-state index contributed by atoms with van der Waals surface area (Å²) in [6.07, 6.45) is -1.13. The van der Waals surface area contributed by atoms with Crippen molar-refractivity contribution in [3.63, 3.8) is 0 Å². The number of nitrogens with zero attached hydrogens (tertiary/aromatic N) is 2. The second-order valence-corrected chi connectivity index (χ2v) is 10.0. The van der Waals surface area contributed by atoms with Crippen LogP contribution in [0.5, 0.6) is 11.5 Å². The molecule has 2 fully saturated rings. The number of carbonyl (C=O) groups excluding carboxylic acids is 3. The zero-order chi connectivity index (χ0) is 29.0. The van der Waals surface area contributed by atoms with E-state index >= 15 is 0 Å². The zero-order valence-electron chi connectivity index (χ0n) is 22.0. The number of likely N-dealkylation sites (tertiary alicyclic amines) is 2. The molecule has 3 aromatic carbocycles. The quantitative estimate of drug-likeness (QED) is 0.409. The van der Waals surface area contributed by atoms with E-state index in [1.807, 2.05) is 30.3 Å². The molecule has 5 rings (SSSR count). The fourth-order valence-corrected chi connectivity index (χ4v) is 5.18. The van der Waals surface area contributed by atoms with Crippen LogP contribution in [-0.4, -0.2) is 53.2 Å². The van der Waals surface area contributed by atoms with Crippen LogP contribution in [0, 0.1) is 5.92 Å². The molecule has 2 saturated heterocycles. The molecule has 2 aliphatic heterocycles. The molecule has 3 aromatic rings. The summed E-state index contributed by atoms with van der Waals surface area (Å²) in [7, 11) is 0. The zero-order valence-corrected chi connectivity index (χ0v) is 22.0. The Bertz CT molecular complexity index is 1420. The summed E-state index contributed by atoms with van der Waals surface area (Å²) in [5.41, 5.74) is 0.638. The van der Waals surface area contributed by atoms with Crippen molar-refractivity contribution >= 4 is 17.7 Å². The Kier molecular flexibility index (Phi) is 8.09. The van der Waals surface area contributed by atoms with Crippen LogP contribution in [0.3, 0.4) is 0 Å². The highest BCUT2D eigenvalue weighted by Gasteiger charge is 2.44. The number of carbonyl (C=O) groups is 3. The van der Waals surface area contributed by atoms with E-state index in [0.717, 1.165) is 24.1 Å². The molecule has 3 amide bonds. The maximum absolute atomic E-state index is 13.2. The molecule has 2 atom stereocenters. The predicted octanol–water partition coefficient (Wildman–Crippen LogP) is 5.04. The van der Waals surface area contributed by atoms with Gasteiger partial charge in [0.1, 0.15) is 11.5 Å². The van der Waals surface area contributed by atoms with E-state index in [4.69, 9.17) is 4.74 Å². The molecule has 41 heavy (non-hydrogen) atoms. The van der Waals surface area contributed by atoms with E-state index in [-0.39, 0.29) is 35.4 Å². The van der Waals surface area contributed by atoms with Gasteiger partial charge in [0.15, 0.2) is 0 Å². The highest BCUT2D eigenvalue weighted by molar-refractivity contribution is 5.97. The lowest BCUT2D eigenvalue weighted by atomic mass is 10.1. The average Bonchev–Trinajstić information content (AvgIpc) is 3.57. The van der Waals surface area contributed by atoms with E-state index in [1.54, 1.807) is 34.1 Å². The topological polar surface area (TPSA) is 79.0 Å². The summed E-state index contributed by atoms with van der Waals surface area (Å²) >= 11 is 0. The van der Waals surface area contributed by atoms with Gasteiger partial charge in [0, 0.05) is 49.8 Å². The first kappa shape index (κ1) is 27.9. The van der Waals surface area contributed by atoms with Crippen molar-refractivity contribution in [2.24, 2.45) is 5.92 Å². The number of nitrogens with one attached hydrogen (secondary N) is 1. The molecule has 212 valence electrons. The molecule has 0 radical (unpaired) electrons. The van der Waals surface area contributed by atoms with Crippen molar-refractivity contribution in [2.45, 2.75) is 25.2 Å². The van der Waals surface area contributed by atoms with Crippen molar-refractivity contribution in [3.8, 4) is 11.5 Å². The average molecular weight is 564 g/mol. The van der Waals surface area contributed by atoms with Crippen LogP contribution in [0.25, 0.3) is 0 Å². The lowest BCUT2D eigenvalue weighted by Gasteiger charge is -2.24. The van der Waals surface area contributed by atoms with E-state index in [2.05, 4.69) is 5.32 Å². The summed E-state index contributed by atoms with van der Waals surface area (Å²) in [5, 5.41) is 2.76. The second kappa shape index (κ2) is 11.9. The maximum atomic E-state index is 13.2. The van der Waals surface area contributed by atoms with Gasteiger partial charge in [0.05, 0.1) is 11.6 Å². The molecule has 0 aliphatic carbocycles. The maximum Gasteiger partial charge on any atom is 0.416 e. The molecule has 2 aliphatic rings. The Balaban J connectivity index is 1.13. The van der Waals surface area contributed by atoms with Gasteiger partial charge in [-0.15, -0.1) is 0 Å². The molecule has 10 heteroatoms. The minimum atomic E-state index is -4.42. The predicted molar refractivity (Wildman–Crippen MR) is 145 cm³/mol. The van der Waals surface area contributed by atoms with Gasteiger partial charge in [0.25, 0.3) is 5.91 Å². The summed E-state index contributed by atoms with van der Waals surface area (Å²) in [6, 6.07) is 20.1. The minimum absolute atomic E-state index is 0.120. The lowest BCUT2D eigenvalue weighted by molar-refractivity contribution is -0.137. The third-order valence-electron chi connectivity index (χ3n) is 7.32. The van der Waals surface area contributed by atoms with Gasteiger partial charge in [-0.2, -0.15) is 13.2 Å². The van der Waals surface area contributed by atoms with Crippen molar-refractivity contribution in [3.05, 3.63) is 108 Å². The highest BCUT2D eigenvalue weighted by atomic mass is 19.4. The molecular formula is C31H28F3N3O4. The SMILES string of the molecule is O=C(/C=C/C(=O)N1CC[C@H]2CN(C(=O)c3ccc(Oc4ccc(C(F)(F)F)cc4)cc3)C[C@H]21)NCc1ccccc1. The van der Waals surface area contributed by atoms with Crippen LogP contribution in [-0.2, 0) is 22.3 Å². The Labute approximate surface area is 235 Å². The van der Waals surface area contributed by atoms with Crippen molar-refractivity contribution < 1.29 is 32.3 Å². The van der Waals surface area contributed by atoms with Gasteiger partial charge in [-0.1, -0.05) is 30.3 Å². The minimum Gasteiger partial charge on any atom is -0.457 e. The van der Waals surface area contributed by atoms with Crippen molar-refractivity contribution in [1.82, 2.24) is 15.1 Å². The third kappa shape index (κ3) is 6.77.